The van der Waals surface area contributed by atoms with Gasteiger partial charge in [-0.05, 0) is 44.4 Å². The zero-order valence-corrected chi connectivity index (χ0v) is 9.74. The van der Waals surface area contributed by atoms with E-state index in [1.54, 1.807) is 0 Å². The summed E-state index contributed by atoms with van der Waals surface area (Å²) in [6, 6.07) is 0.815. The molecule has 0 aromatic heterocycles. The Kier molecular flexibility index (Phi) is 4.21. The van der Waals surface area contributed by atoms with E-state index < -0.39 is 0 Å². The molecule has 2 nitrogen and oxygen atoms in total. The molecule has 2 rings (SSSR count). The van der Waals surface area contributed by atoms with Crippen molar-refractivity contribution in [2.75, 3.05) is 19.8 Å². The third-order valence-electron chi connectivity index (χ3n) is 3.34. The van der Waals surface area contributed by atoms with Gasteiger partial charge in [-0.25, -0.2) is 0 Å². The Bertz CT molecular complexity index is 195. The predicted octanol–water partition coefficient (Wildman–Crippen LogP) is 2.36. The average molecular weight is 209 g/mol. The first kappa shape index (κ1) is 11.2. The molecule has 0 aromatic rings. The third-order valence-corrected chi connectivity index (χ3v) is 3.34. The maximum Gasteiger partial charge on any atom is 0.0647 e. The van der Waals surface area contributed by atoms with Gasteiger partial charge in [0, 0.05) is 12.6 Å². The number of hydrogen-bond donors (Lipinski definition) is 1. The number of ether oxygens (including phenoxy) is 1. The molecular formula is C13H23NO. The fraction of sp³-hybridized carbons (Fsp3) is 0.846. The standard InChI is InChI=1S/C13H23NO/c1-2-3-9-15-10-8-14-13(11-4-5-11)12-6-7-12/h2-3,11-14H,4-10H2,1H3. The van der Waals surface area contributed by atoms with Gasteiger partial charge in [0.15, 0.2) is 0 Å². The van der Waals surface area contributed by atoms with Gasteiger partial charge in [-0.1, -0.05) is 12.2 Å². The summed E-state index contributed by atoms with van der Waals surface area (Å²) < 4.78 is 5.48. The largest absolute Gasteiger partial charge is 0.376 e. The maximum atomic E-state index is 5.48. The normalized spacial score (nSPS) is 21.7. The van der Waals surface area contributed by atoms with Crippen molar-refractivity contribution in [1.82, 2.24) is 5.32 Å². The van der Waals surface area contributed by atoms with Crippen LogP contribution in [0, 0.1) is 11.8 Å². The molecular weight excluding hydrogens is 186 g/mol. The topological polar surface area (TPSA) is 21.3 Å². The van der Waals surface area contributed by atoms with Gasteiger partial charge < -0.3 is 10.1 Å². The minimum Gasteiger partial charge on any atom is -0.376 e. The van der Waals surface area contributed by atoms with E-state index in [-0.39, 0.29) is 0 Å². The van der Waals surface area contributed by atoms with E-state index in [0.29, 0.717) is 0 Å². The number of hydrogen-bond acceptors (Lipinski definition) is 2. The number of allylic oxidation sites excluding steroid dienone is 1. The Balaban J connectivity index is 1.51. The molecule has 1 N–H and O–H groups in total. The SMILES string of the molecule is CC=CCOCCNC(C1CC1)C1CC1. The van der Waals surface area contributed by atoms with Crippen LogP contribution in [0.5, 0.6) is 0 Å². The first-order valence-electron chi connectivity index (χ1n) is 6.34. The average Bonchev–Trinajstić information content (AvgIpc) is 3.09. The molecule has 86 valence electrons. The van der Waals surface area contributed by atoms with Crippen LogP contribution in [0.2, 0.25) is 0 Å². The molecule has 0 aromatic carbocycles. The molecule has 0 saturated heterocycles. The van der Waals surface area contributed by atoms with Crippen molar-refractivity contribution in [3.63, 3.8) is 0 Å². The highest BCUT2D eigenvalue weighted by molar-refractivity contribution is 4.96. The van der Waals surface area contributed by atoms with Gasteiger partial charge in [0.05, 0.1) is 13.2 Å². The lowest BCUT2D eigenvalue weighted by atomic mass is 10.1. The third kappa shape index (κ3) is 3.96. The summed E-state index contributed by atoms with van der Waals surface area (Å²) in [7, 11) is 0. The monoisotopic (exact) mass is 209 g/mol. The van der Waals surface area contributed by atoms with Crippen LogP contribution in [-0.2, 0) is 4.74 Å². The van der Waals surface area contributed by atoms with Crippen LogP contribution in [0.4, 0.5) is 0 Å². The highest BCUT2D eigenvalue weighted by Gasteiger charge is 2.40. The van der Waals surface area contributed by atoms with Gasteiger partial charge in [0.1, 0.15) is 0 Å². The maximum absolute atomic E-state index is 5.48. The zero-order valence-electron chi connectivity index (χ0n) is 9.74. The van der Waals surface area contributed by atoms with E-state index in [2.05, 4.69) is 11.4 Å². The Morgan fingerprint density at radius 2 is 1.93 bits per heavy atom. The van der Waals surface area contributed by atoms with Gasteiger partial charge in [-0.15, -0.1) is 0 Å². The molecule has 15 heavy (non-hydrogen) atoms. The van der Waals surface area contributed by atoms with Crippen molar-refractivity contribution >= 4 is 0 Å². The van der Waals surface area contributed by atoms with Crippen molar-refractivity contribution in [1.29, 1.82) is 0 Å². The minimum atomic E-state index is 0.760. The summed E-state index contributed by atoms with van der Waals surface area (Å²) >= 11 is 0. The Labute approximate surface area is 93.1 Å². The van der Waals surface area contributed by atoms with Gasteiger partial charge >= 0.3 is 0 Å². The van der Waals surface area contributed by atoms with E-state index in [9.17, 15) is 0 Å². The molecule has 0 bridgehead atoms. The fourth-order valence-corrected chi connectivity index (χ4v) is 2.17. The van der Waals surface area contributed by atoms with Crippen LogP contribution < -0.4 is 5.32 Å². The summed E-state index contributed by atoms with van der Waals surface area (Å²) in [6.07, 6.45) is 9.90. The first-order chi connectivity index (χ1) is 7.42. The molecule has 0 unspecified atom stereocenters. The first-order valence-corrected chi connectivity index (χ1v) is 6.34. The van der Waals surface area contributed by atoms with E-state index in [4.69, 9.17) is 4.74 Å². The van der Waals surface area contributed by atoms with Crippen molar-refractivity contribution in [3.8, 4) is 0 Å². The Hall–Kier alpha value is -0.340. The zero-order chi connectivity index (χ0) is 10.5. The summed E-state index contributed by atoms with van der Waals surface area (Å²) in [6.45, 7) is 4.66. The quantitative estimate of drug-likeness (QED) is 0.489. The molecule has 0 heterocycles. The smallest absolute Gasteiger partial charge is 0.0647 e. The van der Waals surface area contributed by atoms with Crippen LogP contribution in [0.15, 0.2) is 12.2 Å². The van der Waals surface area contributed by atoms with Gasteiger partial charge in [0.2, 0.25) is 0 Å². The summed E-state index contributed by atoms with van der Waals surface area (Å²) in [5, 5.41) is 3.67. The van der Waals surface area contributed by atoms with Gasteiger partial charge in [0.25, 0.3) is 0 Å². The van der Waals surface area contributed by atoms with Crippen molar-refractivity contribution in [2.24, 2.45) is 11.8 Å². The van der Waals surface area contributed by atoms with Crippen molar-refractivity contribution in [2.45, 2.75) is 38.6 Å². The summed E-state index contributed by atoms with van der Waals surface area (Å²) in [4.78, 5) is 0. The Morgan fingerprint density at radius 3 is 2.47 bits per heavy atom. The fourth-order valence-electron chi connectivity index (χ4n) is 2.17. The molecule has 0 amide bonds. The van der Waals surface area contributed by atoms with Crippen molar-refractivity contribution in [3.05, 3.63) is 12.2 Å². The molecule has 0 atom stereocenters. The van der Waals surface area contributed by atoms with Gasteiger partial charge in [-0.3, -0.25) is 0 Å². The molecule has 2 saturated carbocycles. The minimum absolute atomic E-state index is 0.760. The van der Waals surface area contributed by atoms with E-state index in [1.165, 1.54) is 25.7 Å². The second kappa shape index (κ2) is 5.66. The molecule has 0 spiro atoms. The van der Waals surface area contributed by atoms with Crippen LogP contribution in [0.1, 0.15) is 32.6 Å². The van der Waals surface area contributed by atoms with Crippen LogP contribution in [0.3, 0.4) is 0 Å². The molecule has 2 aliphatic rings. The molecule has 2 fully saturated rings. The second-order valence-corrected chi connectivity index (χ2v) is 4.80. The highest BCUT2D eigenvalue weighted by Crippen LogP contribution is 2.44. The number of nitrogens with one attached hydrogen (secondary N) is 1. The van der Waals surface area contributed by atoms with Gasteiger partial charge in [-0.2, -0.15) is 0 Å². The van der Waals surface area contributed by atoms with E-state index >= 15 is 0 Å². The molecule has 2 aliphatic carbocycles. The van der Waals surface area contributed by atoms with Crippen LogP contribution >= 0.6 is 0 Å². The molecule has 0 radical (unpaired) electrons. The molecule has 0 aliphatic heterocycles. The van der Waals surface area contributed by atoms with E-state index in [0.717, 1.165) is 37.6 Å². The van der Waals surface area contributed by atoms with Crippen LogP contribution in [0.25, 0.3) is 0 Å². The summed E-state index contributed by atoms with van der Waals surface area (Å²) in [5.41, 5.74) is 0. The number of rotatable bonds is 8. The Morgan fingerprint density at radius 1 is 1.27 bits per heavy atom. The summed E-state index contributed by atoms with van der Waals surface area (Å²) in [5.74, 6) is 1.99. The highest BCUT2D eigenvalue weighted by atomic mass is 16.5. The lowest BCUT2D eigenvalue weighted by Gasteiger charge is -2.17. The lowest BCUT2D eigenvalue weighted by molar-refractivity contribution is 0.158. The van der Waals surface area contributed by atoms with Crippen molar-refractivity contribution < 1.29 is 4.74 Å². The molecule has 2 heteroatoms. The van der Waals surface area contributed by atoms with Crippen LogP contribution in [-0.4, -0.2) is 25.8 Å². The predicted molar refractivity (Wildman–Crippen MR) is 62.9 cm³/mol. The lowest BCUT2D eigenvalue weighted by Crippen LogP contribution is -2.35. The second-order valence-electron chi connectivity index (χ2n) is 4.80. The van der Waals surface area contributed by atoms with E-state index in [1.807, 2.05) is 13.0 Å².